The maximum Gasteiger partial charge on any atom is 0.239 e. The fraction of sp³-hybridized carbons (Fsp3) is 0.125. The average molecular weight is 181 g/mol. The van der Waals surface area contributed by atoms with Crippen molar-refractivity contribution in [1.82, 2.24) is 0 Å². The van der Waals surface area contributed by atoms with E-state index in [0.29, 0.717) is 4.86 Å². The van der Waals surface area contributed by atoms with Gasteiger partial charge in [-0.05, 0) is 5.56 Å². The van der Waals surface area contributed by atoms with Gasteiger partial charge < -0.3 is 0 Å². The van der Waals surface area contributed by atoms with Crippen LogP contribution < -0.4 is 0 Å². The first-order chi connectivity index (χ1) is 5.70. The summed E-state index contributed by atoms with van der Waals surface area (Å²) < 4.78 is 0. The van der Waals surface area contributed by atoms with E-state index < -0.39 is 4.92 Å². The Bertz CT molecular complexity index is 297. The van der Waals surface area contributed by atoms with E-state index >= 15 is 0 Å². The second-order valence-electron chi connectivity index (χ2n) is 2.28. The molecule has 0 N–H and O–H groups in total. The Hall–Kier alpha value is -1.29. The van der Waals surface area contributed by atoms with Crippen LogP contribution >= 0.6 is 12.2 Å². The molecule has 0 aliphatic heterocycles. The molecule has 0 aliphatic carbocycles. The second kappa shape index (κ2) is 3.92. The minimum Gasteiger partial charge on any atom is -0.264 e. The summed E-state index contributed by atoms with van der Waals surface area (Å²) in [4.78, 5) is 10.1. The van der Waals surface area contributed by atoms with E-state index in [-0.39, 0.29) is 6.54 Å². The minimum absolute atomic E-state index is 0.265. The molecule has 0 unspecified atom stereocenters. The monoisotopic (exact) mass is 181 g/mol. The average Bonchev–Trinajstić information content (AvgIpc) is 2.05. The molecule has 0 heterocycles. The first-order valence-electron chi connectivity index (χ1n) is 3.40. The molecule has 1 aromatic rings. The fourth-order valence-electron chi connectivity index (χ4n) is 0.833. The highest BCUT2D eigenvalue weighted by atomic mass is 32.1. The van der Waals surface area contributed by atoms with Crippen molar-refractivity contribution < 1.29 is 4.92 Å². The van der Waals surface area contributed by atoms with Crippen molar-refractivity contribution in [3.63, 3.8) is 0 Å². The molecular weight excluding hydrogens is 174 g/mol. The Balaban J connectivity index is 2.73. The summed E-state index contributed by atoms with van der Waals surface area (Å²) in [5.74, 6) is 0. The van der Waals surface area contributed by atoms with Crippen molar-refractivity contribution in [2.24, 2.45) is 0 Å². The van der Waals surface area contributed by atoms with Crippen molar-refractivity contribution in [3.8, 4) is 0 Å². The quantitative estimate of drug-likeness (QED) is 0.308. The molecule has 0 fully saturated rings. The van der Waals surface area contributed by atoms with Gasteiger partial charge in [0.2, 0.25) is 6.54 Å². The van der Waals surface area contributed by atoms with Crippen LogP contribution in [0.3, 0.4) is 0 Å². The number of thiocarbonyl (C=S) groups is 1. The van der Waals surface area contributed by atoms with Gasteiger partial charge >= 0.3 is 0 Å². The zero-order chi connectivity index (χ0) is 8.97. The van der Waals surface area contributed by atoms with Crippen LogP contribution in [0.4, 0.5) is 0 Å². The van der Waals surface area contributed by atoms with E-state index in [1.807, 2.05) is 18.2 Å². The Kier molecular flexibility index (Phi) is 2.88. The van der Waals surface area contributed by atoms with E-state index in [2.05, 4.69) is 0 Å². The van der Waals surface area contributed by atoms with E-state index in [1.54, 1.807) is 12.1 Å². The van der Waals surface area contributed by atoms with Crippen LogP contribution in [0.5, 0.6) is 0 Å². The van der Waals surface area contributed by atoms with Crippen molar-refractivity contribution in [2.75, 3.05) is 6.54 Å². The number of hydrogen-bond acceptors (Lipinski definition) is 3. The van der Waals surface area contributed by atoms with E-state index in [1.165, 1.54) is 0 Å². The van der Waals surface area contributed by atoms with Gasteiger partial charge in [-0.3, -0.25) is 10.1 Å². The normalized spacial score (nSPS) is 9.33. The molecule has 0 radical (unpaired) electrons. The molecule has 0 amide bonds. The lowest BCUT2D eigenvalue weighted by Gasteiger charge is -1.96. The van der Waals surface area contributed by atoms with Gasteiger partial charge in [-0.15, -0.1) is 0 Å². The maximum atomic E-state index is 10.1. The SMILES string of the molecule is O=[N+]([O-])CC(=S)c1ccccc1. The van der Waals surface area contributed by atoms with Gasteiger partial charge in [-0.2, -0.15) is 0 Å². The summed E-state index contributed by atoms with van der Waals surface area (Å²) in [5.41, 5.74) is 0.754. The van der Waals surface area contributed by atoms with Crippen molar-refractivity contribution >= 4 is 17.1 Å². The molecule has 62 valence electrons. The van der Waals surface area contributed by atoms with Gasteiger partial charge in [-0.25, -0.2) is 0 Å². The molecule has 0 spiro atoms. The van der Waals surface area contributed by atoms with Gasteiger partial charge in [0.15, 0.2) is 0 Å². The lowest BCUT2D eigenvalue weighted by Crippen LogP contribution is -2.12. The topological polar surface area (TPSA) is 43.1 Å². The number of nitro groups is 1. The summed E-state index contributed by atoms with van der Waals surface area (Å²) in [7, 11) is 0. The van der Waals surface area contributed by atoms with Gasteiger partial charge in [0.1, 0.15) is 0 Å². The van der Waals surface area contributed by atoms with E-state index in [4.69, 9.17) is 12.2 Å². The van der Waals surface area contributed by atoms with Crippen molar-refractivity contribution in [3.05, 3.63) is 46.0 Å². The Morgan fingerprint density at radius 3 is 2.50 bits per heavy atom. The highest BCUT2D eigenvalue weighted by molar-refractivity contribution is 7.80. The van der Waals surface area contributed by atoms with Crippen LogP contribution in [0, 0.1) is 10.1 Å². The summed E-state index contributed by atoms with van der Waals surface area (Å²) in [6.07, 6.45) is 0. The molecule has 1 aromatic carbocycles. The maximum absolute atomic E-state index is 10.1. The molecule has 0 saturated heterocycles. The summed E-state index contributed by atoms with van der Waals surface area (Å²) >= 11 is 4.86. The van der Waals surface area contributed by atoms with Crippen LogP contribution in [-0.4, -0.2) is 16.3 Å². The minimum atomic E-state index is -0.421. The van der Waals surface area contributed by atoms with Crippen molar-refractivity contribution in [2.45, 2.75) is 0 Å². The van der Waals surface area contributed by atoms with E-state index in [9.17, 15) is 10.1 Å². The third kappa shape index (κ3) is 2.39. The standard InChI is InChI=1S/C8H7NO2S/c10-9(11)6-8(12)7-4-2-1-3-5-7/h1-5H,6H2. The molecule has 12 heavy (non-hydrogen) atoms. The van der Waals surface area contributed by atoms with Crippen LogP contribution in [0.15, 0.2) is 30.3 Å². The number of benzene rings is 1. The largest absolute Gasteiger partial charge is 0.264 e. The Morgan fingerprint density at radius 1 is 1.42 bits per heavy atom. The zero-order valence-electron chi connectivity index (χ0n) is 6.27. The van der Waals surface area contributed by atoms with Gasteiger partial charge in [0.05, 0.1) is 4.86 Å². The second-order valence-corrected chi connectivity index (χ2v) is 2.77. The smallest absolute Gasteiger partial charge is 0.239 e. The molecule has 3 nitrogen and oxygen atoms in total. The van der Waals surface area contributed by atoms with Gasteiger partial charge in [-0.1, -0.05) is 42.5 Å². The Labute approximate surface area is 75.2 Å². The summed E-state index contributed by atoms with van der Waals surface area (Å²) in [5, 5.41) is 10.1. The lowest BCUT2D eigenvalue weighted by molar-refractivity contribution is -0.462. The zero-order valence-corrected chi connectivity index (χ0v) is 7.08. The highest BCUT2D eigenvalue weighted by Gasteiger charge is 2.06. The predicted octanol–water partition coefficient (Wildman–Crippen LogP) is 1.68. The molecular formula is C8H7NO2S. The van der Waals surface area contributed by atoms with Crippen LogP contribution in [-0.2, 0) is 0 Å². The molecule has 0 aliphatic rings. The Morgan fingerprint density at radius 2 is 2.00 bits per heavy atom. The van der Waals surface area contributed by atoms with Gasteiger partial charge in [0, 0.05) is 4.92 Å². The molecule has 0 aromatic heterocycles. The fourth-order valence-corrected chi connectivity index (χ4v) is 1.07. The molecule has 1 rings (SSSR count). The lowest BCUT2D eigenvalue weighted by atomic mass is 10.1. The third-order valence-electron chi connectivity index (χ3n) is 1.37. The molecule has 4 heteroatoms. The van der Waals surface area contributed by atoms with Crippen LogP contribution in [0.2, 0.25) is 0 Å². The van der Waals surface area contributed by atoms with Crippen LogP contribution in [0.1, 0.15) is 5.56 Å². The number of hydrogen-bond donors (Lipinski definition) is 0. The highest BCUT2D eigenvalue weighted by Crippen LogP contribution is 2.00. The third-order valence-corrected chi connectivity index (χ3v) is 1.73. The molecule has 0 saturated carbocycles. The molecule has 0 atom stereocenters. The van der Waals surface area contributed by atoms with Gasteiger partial charge in [0.25, 0.3) is 0 Å². The summed E-state index contributed by atoms with van der Waals surface area (Å²) in [6, 6.07) is 9.00. The summed E-state index contributed by atoms with van der Waals surface area (Å²) in [6.45, 7) is -0.265. The number of nitrogens with zero attached hydrogens (tertiary/aromatic N) is 1. The predicted molar refractivity (Wildman–Crippen MR) is 50.0 cm³/mol. The molecule has 0 bridgehead atoms. The van der Waals surface area contributed by atoms with Crippen LogP contribution in [0.25, 0.3) is 0 Å². The number of rotatable bonds is 3. The van der Waals surface area contributed by atoms with E-state index in [0.717, 1.165) is 5.56 Å². The first-order valence-corrected chi connectivity index (χ1v) is 3.81. The first kappa shape index (κ1) is 8.80. The van der Waals surface area contributed by atoms with Crippen molar-refractivity contribution in [1.29, 1.82) is 0 Å².